The lowest BCUT2D eigenvalue weighted by Gasteiger charge is -2.07. The minimum absolute atomic E-state index is 0.0679. The summed E-state index contributed by atoms with van der Waals surface area (Å²) in [6.07, 6.45) is 0. The molecule has 0 atom stereocenters. The molecule has 0 aliphatic heterocycles. The largest absolute Gasteiger partial charge is 0.372 e. The average molecular weight is 294 g/mol. The summed E-state index contributed by atoms with van der Waals surface area (Å²) in [6, 6.07) is 6.74. The summed E-state index contributed by atoms with van der Waals surface area (Å²) in [4.78, 5) is 9.55. The minimum Gasteiger partial charge on any atom is -0.372 e. The Bertz CT molecular complexity index is 757. The highest BCUT2D eigenvalue weighted by Crippen LogP contribution is 2.30. The highest BCUT2D eigenvalue weighted by atomic mass is 35.5. The molecule has 0 saturated heterocycles. The molecule has 6 heteroatoms. The van der Waals surface area contributed by atoms with Gasteiger partial charge in [-0.3, -0.25) is 0 Å². The van der Waals surface area contributed by atoms with Gasteiger partial charge in [0, 0.05) is 7.05 Å². The van der Waals surface area contributed by atoms with E-state index >= 15 is 0 Å². The number of anilines is 1. The Morgan fingerprint density at radius 1 is 1.26 bits per heavy atom. The monoisotopic (exact) mass is 293 g/mol. The van der Waals surface area contributed by atoms with Crippen molar-refractivity contribution in [2.75, 3.05) is 12.4 Å². The standard InChI is InChI=1S/C13H9ClFN3S/c1-16-11-8-5-6-19-13(8)18-12(17-11)7-3-2-4-9(14)10(7)15/h2-6H,1H3,(H,16,17,18). The van der Waals surface area contributed by atoms with Crippen molar-refractivity contribution in [2.45, 2.75) is 0 Å². The van der Waals surface area contributed by atoms with Crippen LogP contribution in [0.4, 0.5) is 10.2 Å². The van der Waals surface area contributed by atoms with Crippen LogP contribution in [-0.4, -0.2) is 17.0 Å². The van der Waals surface area contributed by atoms with Crippen LogP contribution in [0, 0.1) is 5.82 Å². The minimum atomic E-state index is -0.498. The zero-order valence-corrected chi connectivity index (χ0v) is 11.5. The van der Waals surface area contributed by atoms with Gasteiger partial charge in [-0.25, -0.2) is 14.4 Å². The van der Waals surface area contributed by atoms with Crippen LogP contribution < -0.4 is 5.32 Å². The van der Waals surface area contributed by atoms with Crippen molar-refractivity contribution >= 4 is 39.0 Å². The van der Waals surface area contributed by atoms with Crippen molar-refractivity contribution in [3.63, 3.8) is 0 Å². The van der Waals surface area contributed by atoms with Gasteiger partial charge in [0.25, 0.3) is 0 Å². The lowest BCUT2D eigenvalue weighted by molar-refractivity contribution is 0.630. The van der Waals surface area contributed by atoms with E-state index in [2.05, 4.69) is 15.3 Å². The maximum Gasteiger partial charge on any atom is 0.166 e. The number of halogens is 2. The molecule has 0 radical (unpaired) electrons. The van der Waals surface area contributed by atoms with E-state index in [1.54, 1.807) is 19.2 Å². The molecule has 3 nitrogen and oxygen atoms in total. The molecular formula is C13H9ClFN3S. The van der Waals surface area contributed by atoms with Crippen molar-refractivity contribution in [1.29, 1.82) is 0 Å². The van der Waals surface area contributed by atoms with Crippen LogP contribution in [0.3, 0.4) is 0 Å². The molecule has 0 aliphatic rings. The van der Waals surface area contributed by atoms with E-state index in [0.717, 1.165) is 10.2 Å². The molecule has 0 saturated carbocycles. The fourth-order valence-electron chi connectivity index (χ4n) is 1.84. The van der Waals surface area contributed by atoms with E-state index in [1.165, 1.54) is 17.4 Å². The van der Waals surface area contributed by atoms with E-state index < -0.39 is 5.82 Å². The van der Waals surface area contributed by atoms with Gasteiger partial charge in [-0.1, -0.05) is 17.7 Å². The number of hydrogen-bond donors (Lipinski definition) is 1. The molecule has 19 heavy (non-hydrogen) atoms. The van der Waals surface area contributed by atoms with Crippen molar-refractivity contribution in [1.82, 2.24) is 9.97 Å². The van der Waals surface area contributed by atoms with Gasteiger partial charge >= 0.3 is 0 Å². The smallest absolute Gasteiger partial charge is 0.166 e. The maximum absolute atomic E-state index is 14.0. The third-order valence-corrected chi connectivity index (χ3v) is 3.85. The zero-order valence-electron chi connectivity index (χ0n) is 9.95. The third-order valence-electron chi connectivity index (χ3n) is 2.75. The first-order chi connectivity index (χ1) is 9.20. The second-order valence-electron chi connectivity index (χ2n) is 3.89. The van der Waals surface area contributed by atoms with Crippen LogP contribution in [0.1, 0.15) is 0 Å². The molecule has 1 N–H and O–H groups in total. The van der Waals surface area contributed by atoms with Crippen molar-refractivity contribution < 1.29 is 4.39 Å². The number of nitrogens with one attached hydrogen (secondary N) is 1. The van der Waals surface area contributed by atoms with Crippen LogP contribution >= 0.6 is 22.9 Å². The first kappa shape index (κ1) is 12.3. The van der Waals surface area contributed by atoms with E-state index in [9.17, 15) is 4.39 Å². The second kappa shape index (κ2) is 4.75. The number of fused-ring (bicyclic) bond motifs is 1. The topological polar surface area (TPSA) is 37.8 Å². The second-order valence-corrected chi connectivity index (χ2v) is 5.19. The molecule has 0 unspecified atom stereocenters. The quantitative estimate of drug-likeness (QED) is 0.770. The number of hydrogen-bond acceptors (Lipinski definition) is 4. The van der Waals surface area contributed by atoms with Gasteiger partial charge in [0.15, 0.2) is 11.6 Å². The van der Waals surface area contributed by atoms with Crippen LogP contribution in [0.5, 0.6) is 0 Å². The van der Waals surface area contributed by atoms with Crippen LogP contribution in [0.25, 0.3) is 21.6 Å². The average Bonchev–Trinajstić information content (AvgIpc) is 2.89. The zero-order chi connectivity index (χ0) is 13.4. The Kier molecular flexibility index (Phi) is 3.08. The van der Waals surface area contributed by atoms with Gasteiger partial charge in [-0.2, -0.15) is 0 Å². The molecule has 3 rings (SSSR count). The number of rotatable bonds is 2. The molecule has 1 aromatic carbocycles. The predicted molar refractivity (Wildman–Crippen MR) is 77.4 cm³/mol. The molecule has 96 valence electrons. The van der Waals surface area contributed by atoms with E-state index in [-0.39, 0.29) is 5.02 Å². The lowest BCUT2D eigenvalue weighted by atomic mass is 10.2. The molecular weight excluding hydrogens is 285 g/mol. The highest BCUT2D eigenvalue weighted by molar-refractivity contribution is 7.16. The molecule has 0 amide bonds. The van der Waals surface area contributed by atoms with Gasteiger partial charge < -0.3 is 5.32 Å². The predicted octanol–water partition coefficient (Wildman–Crippen LogP) is 4.19. The Morgan fingerprint density at radius 2 is 2.11 bits per heavy atom. The van der Waals surface area contributed by atoms with Crippen molar-refractivity contribution in [3.8, 4) is 11.4 Å². The maximum atomic E-state index is 14.0. The fraction of sp³-hybridized carbons (Fsp3) is 0.0769. The van der Waals surface area contributed by atoms with Gasteiger partial charge in [0.2, 0.25) is 0 Å². The number of aromatic nitrogens is 2. The summed E-state index contributed by atoms with van der Waals surface area (Å²) in [7, 11) is 1.78. The summed E-state index contributed by atoms with van der Waals surface area (Å²) in [5, 5.41) is 5.93. The Morgan fingerprint density at radius 3 is 2.89 bits per heavy atom. The van der Waals surface area contributed by atoms with E-state index in [1.807, 2.05) is 11.4 Å². The van der Waals surface area contributed by atoms with Crippen molar-refractivity contribution in [2.24, 2.45) is 0 Å². The summed E-state index contributed by atoms with van der Waals surface area (Å²) in [5.74, 6) is 0.516. The summed E-state index contributed by atoms with van der Waals surface area (Å²) in [6.45, 7) is 0. The van der Waals surface area contributed by atoms with Gasteiger partial charge in [0.1, 0.15) is 10.6 Å². The van der Waals surface area contributed by atoms with Crippen molar-refractivity contribution in [3.05, 3.63) is 40.5 Å². The van der Waals surface area contributed by atoms with Gasteiger partial charge in [-0.05, 0) is 23.6 Å². The third kappa shape index (κ3) is 2.05. The lowest BCUT2D eigenvalue weighted by Crippen LogP contribution is -1.98. The van der Waals surface area contributed by atoms with Gasteiger partial charge in [-0.15, -0.1) is 11.3 Å². The van der Waals surface area contributed by atoms with E-state index in [0.29, 0.717) is 17.2 Å². The van der Waals surface area contributed by atoms with Crippen LogP contribution in [0.2, 0.25) is 5.02 Å². The molecule has 0 spiro atoms. The van der Waals surface area contributed by atoms with Crippen LogP contribution in [0.15, 0.2) is 29.6 Å². The Hall–Kier alpha value is -1.72. The number of benzene rings is 1. The Balaban J connectivity index is 2.27. The van der Waals surface area contributed by atoms with Crippen LogP contribution in [-0.2, 0) is 0 Å². The molecule has 0 aliphatic carbocycles. The summed E-state index contributed by atoms with van der Waals surface area (Å²) in [5.41, 5.74) is 0.305. The number of nitrogens with zero attached hydrogens (tertiary/aromatic N) is 2. The first-order valence-electron chi connectivity index (χ1n) is 5.58. The summed E-state index contributed by atoms with van der Waals surface area (Å²) < 4.78 is 14.0. The summed E-state index contributed by atoms with van der Waals surface area (Å²) >= 11 is 7.28. The molecule has 2 heterocycles. The molecule has 2 aromatic heterocycles. The van der Waals surface area contributed by atoms with E-state index in [4.69, 9.17) is 11.6 Å². The SMILES string of the molecule is CNc1nc(-c2cccc(Cl)c2F)nc2sccc12. The first-order valence-corrected chi connectivity index (χ1v) is 6.84. The van der Waals surface area contributed by atoms with Gasteiger partial charge in [0.05, 0.1) is 16.0 Å². The fourth-order valence-corrected chi connectivity index (χ4v) is 2.78. The number of thiophene rings is 1. The normalized spacial score (nSPS) is 10.9. The highest BCUT2D eigenvalue weighted by Gasteiger charge is 2.14. The molecule has 3 aromatic rings. The molecule has 0 bridgehead atoms. The Labute approximate surface area is 118 Å². The molecule has 0 fully saturated rings.